The molecule has 7 heteroatoms. The number of halogens is 1. The third-order valence-corrected chi connectivity index (χ3v) is 6.13. The molecule has 0 fully saturated rings. The lowest BCUT2D eigenvalue weighted by molar-refractivity contribution is 0.0944. The van der Waals surface area contributed by atoms with E-state index in [9.17, 15) is 4.79 Å². The molecular weight excluding hydrogens is 458 g/mol. The van der Waals surface area contributed by atoms with Crippen LogP contribution in [0.4, 0.5) is 0 Å². The molecule has 0 bridgehead atoms. The molecule has 1 aromatic heterocycles. The van der Waals surface area contributed by atoms with Crippen molar-refractivity contribution in [1.29, 1.82) is 0 Å². The van der Waals surface area contributed by atoms with Gasteiger partial charge in [0.2, 0.25) is 0 Å². The van der Waals surface area contributed by atoms with E-state index in [0.717, 1.165) is 32.9 Å². The molecule has 162 valence electrons. The molecule has 0 radical (unpaired) electrons. The Morgan fingerprint density at radius 2 is 1.77 bits per heavy atom. The van der Waals surface area contributed by atoms with E-state index < -0.39 is 0 Å². The Balaban J connectivity index is 1.51. The van der Waals surface area contributed by atoms with Crippen molar-refractivity contribution in [2.75, 3.05) is 19.8 Å². The quantitative estimate of drug-likeness (QED) is 0.569. The zero-order valence-electron chi connectivity index (χ0n) is 18.2. The summed E-state index contributed by atoms with van der Waals surface area (Å²) in [6.45, 7) is 9.58. The molecule has 1 aliphatic rings. The molecule has 4 rings (SSSR count). The Morgan fingerprint density at radius 3 is 2.48 bits per heavy atom. The molecule has 1 amide bonds. The number of hydrogen-bond donors (Lipinski definition) is 1. The third-order valence-electron chi connectivity index (χ3n) is 5.60. The van der Waals surface area contributed by atoms with Crippen molar-refractivity contribution in [3.63, 3.8) is 0 Å². The van der Waals surface area contributed by atoms with E-state index in [2.05, 4.69) is 40.2 Å². The van der Waals surface area contributed by atoms with Gasteiger partial charge < -0.3 is 14.8 Å². The minimum absolute atomic E-state index is 0.121. The number of fused-ring (bicyclic) bond motifs is 1. The summed E-state index contributed by atoms with van der Waals surface area (Å²) in [6.07, 6.45) is 0. The van der Waals surface area contributed by atoms with Gasteiger partial charge in [-0.15, -0.1) is 0 Å². The van der Waals surface area contributed by atoms with Crippen molar-refractivity contribution < 1.29 is 14.3 Å². The number of hydrogen-bond acceptors (Lipinski definition) is 4. The van der Waals surface area contributed by atoms with Gasteiger partial charge in [0.1, 0.15) is 13.2 Å². The minimum Gasteiger partial charge on any atom is -0.486 e. The zero-order chi connectivity index (χ0) is 22.2. The first-order chi connectivity index (χ1) is 14.8. The molecule has 0 unspecified atom stereocenters. The average Bonchev–Trinajstić information content (AvgIpc) is 3.06. The molecular formula is C24H26BrN3O3. The SMILES string of the molecule is Cc1nn(-c2ccc(Br)cc2)c(C)c1C(=O)NCC(C)(C)c1ccc2c(c1)OCCO2. The molecule has 0 aliphatic carbocycles. The van der Waals surface area contributed by atoms with Crippen LogP contribution < -0.4 is 14.8 Å². The zero-order valence-corrected chi connectivity index (χ0v) is 19.7. The summed E-state index contributed by atoms with van der Waals surface area (Å²) in [5, 5.41) is 7.69. The number of nitrogens with one attached hydrogen (secondary N) is 1. The highest BCUT2D eigenvalue weighted by Crippen LogP contribution is 2.35. The van der Waals surface area contributed by atoms with Crippen molar-refractivity contribution in [2.45, 2.75) is 33.1 Å². The lowest BCUT2D eigenvalue weighted by atomic mass is 9.84. The van der Waals surface area contributed by atoms with Crippen molar-refractivity contribution in [3.8, 4) is 17.2 Å². The molecule has 31 heavy (non-hydrogen) atoms. The fraction of sp³-hybridized carbons (Fsp3) is 0.333. The van der Waals surface area contributed by atoms with Crippen molar-refractivity contribution in [2.24, 2.45) is 0 Å². The number of benzene rings is 2. The summed E-state index contributed by atoms with van der Waals surface area (Å²) in [5.74, 6) is 1.40. The van der Waals surface area contributed by atoms with Gasteiger partial charge in [0.25, 0.3) is 5.91 Å². The fourth-order valence-corrected chi connectivity index (χ4v) is 4.03. The molecule has 3 aromatic rings. The van der Waals surface area contributed by atoms with Gasteiger partial charge >= 0.3 is 0 Å². The van der Waals surface area contributed by atoms with E-state index in [1.54, 1.807) is 0 Å². The number of amides is 1. The van der Waals surface area contributed by atoms with Gasteiger partial charge in [-0.2, -0.15) is 5.10 Å². The van der Waals surface area contributed by atoms with Crippen LogP contribution in [-0.4, -0.2) is 35.4 Å². The van der Waals surface area contributed by atoms with Crippen LogP contribution in [0.1, 0.15) is 41.2 Å². The molecule has 6 nitrogen and oxygen atoms in total. The van der Waals surface area contributed by atoms with Crippen LogP contribution in [-0.2, 0) is 5.41 Å². The predicted molar refractivity (Wildman–Crippen MR) is 124 cm³/mol. The highest BCUT2D eigenvalue weighted by atomic mass is 79.9. The third kappa shape index (κ3) is 4.32. The molecule has 1 N–H and O–H groups in total. The highest BCUT2D eigenvalue weighted by molar-refractivity contribution is 9.10. The Hall–Kier alpha value is -2.80. The normalized spacial score (nSPS) is 13.2. The predicted octanol–water partition coefficient (Wildman–Crippen LogP) is 4.73. The van der Waals surface area contributed by atoms with Crippen LogP contribution in [0.25, 0.3) is 5.69 Å². The number of carbonyl (C=O) groups is 1. The number of ether oxygens (including phenoxy) is 2. The van der Waals surface area contributed by atoms with Gasteiger partial charge in [-0.05, 0) is 55.8 Å². The summed E-state index contributed by atoms with van der Waals surface area (Å²) in [5.41, 5.74) is 3.84. The molecule has 0 spiro atoms. The van der Waals surface area contributed by atoms with E-state index in [0.29, 0.717) is 31.0 Å². The van der Waals surface area contributed by atoms with E-state index in [-0.39, 0.29) is 11.3 Å². The summed E-state index contributed by atoms with van der Waals surface area (Å²) in [7, 11) is 0. The van der Waals surface area contributed by atoms with Crippen molar-refractivity contribution in [3.05, 3.63) is 69.5 Å². The number of nitrogens with zero attached hydrogens (tertiary/aromatic N) is 2. The Bertz CT molecular complexity index is 1120. The van der Waals surface area contributed by atoms with Crippen molar-refractivity contribution >= 4 is 21.8 Å². The van der Waals surface area contributed by atoms with E-state index in [4.69, 9.17) is 9.47 Å². The Labute approximate surface area is 190 Å². The first kappa shape index (κ1) is 21.4. The molecule has 2 heterocycles. The second-order valence-electron chi connectivity index (χ2n) is 8.36. The maximum absolute atomic E-state index is 13.1. The highest BCUT2D eigenvalue weighted by Gasteiger charge is 2.26. The standard InChI is InChI=1S/C24H26BrN3O3/c1-15-22(16(2)28(27-15)19-8-6-18(25)7-9-19)23(29)26-14-24(3,4)17-5-10-20-21(13-17)31-12-11-30-20/h5-10,13H,11-12,14H2,1-4H3,(H,26,29). The van der Waals surface area contributed by atoms with Crippen LogP contribution in [0.3, 0.4) is 0 Å². The summed E-state index contributed by atoms with van der Waals surface area (Å²) in [4.78, 5) is 13.1. The van der Waals surface area contributed by atoms with E-state index in [1.165, 1.54) is 0 Å². The smallest absolute Gasteiger partial charge is 0.255 e. The van der Waals surface area contributed by atoms with Crippen LogP contribution in [0.2, 0.25) is 0 Å². The largest absolute Gasteiger partial charge is 0.486 e. The van der Waals surface area contributed by atoms with Crippen molar-refractivity contribution in [1.82, 2.24) is 15.1 Å². The van der Waals surface area contributed by atoms with Gasteiger partial charge in [0.05, 0.1) is 22.6 Å². The maximum atomic E-state index is 13.1. The van der Waals surface area contributed by atoms with Gasteiger partial charge in [0.15, 0.2) is 11.5 Å². The first-order valence-electron chi connectivity index (χ1n) is 10.3. The molecule has 1 aliphatic heterocycles. The molecule has 2 aromatic carbocycles. The topological polar surface area (TPSA) is 65.4 Å². The van der Waals surface area contributed by atoms with Gasteiger partial charge in [-0.1, -0.05) is 35.8 Å². The average molecular weight is 484 g/mol. The maximum Gasteiger partial charge on any atom is 0.255 e. The Morgan fingerprint density at radius 1 is 1.10 bits per heavy atom. The van der Waals surface area contributed by atoms with Gasteiger partial charge in [-0.3, -0.25) is 4.79 Å². The van der Waals surface area contributed by atoms with E-state index >= 15 is 0 Å². The van der Waals surface area contributed by atoms with Gasteiger partial charge in [-0.25, -0.2) is 4.68 Å². The second kappa shape index (κ2) is 8.38. The second-order valence-corrected chi connectivity index (χ2v) is 9.27. The van der Waals surface area contributed by atoms with E-state index in [1.807, 2.05) is 61.0 Å². The van der Waals surface area contributed by atoms with Crippen LogP contribution in [0.15, 0.2) is 46.9 Å². The summed E-state index contributed by atoms with van der Waals surface area (Å²) < 4.78 is 14.1. The Kier molecular flexibility index (Phi) is 5.79. The first-order valence-corrected chi connectivity index (χ1v) is 11.1. The van der Waals surface area contributed by atoms with Crippen LogP contribution >= 0.6 is 15.9 Å². The van der Waals surface area contributed by atoms with Crippen LogP contribution in [0.5, 0.6) is 11.5 Å². The molecule has 0 atom stereocenters. The number of aryl methyl sites for hydroxylation is 1. The fourth-order valence-electron chi connectivity index (χ4n) is 3.76. The summed E-state index contributed by atoms with van der Waals surface area (Å²) in [6, 6.07) is 13.8. The molecule has 0 saturated carbocycles. The lowest BCUT2D eigenvalue weighted by Crippen LogP contribution is -2.37. The molecule has 0 saturated heterocycles. The minimum atomic E-state index is -0.283. The van der Waals surface area contributed by atoms with Gasteiger partial charge in [0, 0.05) is 16.4 Å². The van der Waals surface area contributed by atoms with Crippen LogP contribution in [0, 0.1) is 13.8 Å². The number of carbonyl (C=O) groups excluding carboxylic acids is 1. The number of rotatable bonds is 5. The lowest BCUT2D eigenvalue weighted by Gasteiger charge is -2.28. The number of aromatic nitrogens is 2. The summed E-state index contributed by atoms with van der Waals surface area (Å²) >= 11 is 3.45. The monoisotopic (exact) mass is 483 g/mol.